The molecule has 0 radical (unpaired) electrons. The molecule has 1 fully saturated rings. The molecule has 1 saturated carbocycles. The van der Waals surface area contributed by atoms with Crippen molar-refractivity contribution in [3.05, 3.63) is 70.5 Å². The van der Waals surface area contributed by atoms with Crippen LogP contribution in [0, 0.1) is 5.92 Å². The van der Waals surface area contributed by atoms with Crippen LogP contribution in [0.2, 0.25) is 0 Å². The van der Waals surface area contributed by atoms with Crippen LogP contribution >= 0.6 is 0 Å². The smallest absolute Gasteiger partial charge is 0.274 e. The highest BCUT2D eigenvalue weighted by Gasteiger charge is 2.34. The quantitative estimate of drug-likeness (QED) is 0.623. The van der Waals surface area contributed by atoms with Crippen molar-refractivity contribution in [2.45, 2.75) is 38.0 Å². The molecule has 27 heavy (non-hydrogen) atoms. The summed E-state index contributed by atoms with van der Waals surface area (Å²) >= 11 is 0. The lowest BCUT2D eigenvalue weighted by atomic mass is 9.75. The Morgan fingerprint density at radius 1 is 1.15 bits per heavy atom. The van der Waals surface area contributed by atoms with Crippen LogP contribution in [0.4, 0.5) is 0 Å². The second kappa shape index (κ2) is 7.40. The molecule has 6 nitrogen and oxygen atoms in total. The molecule has 6 heteroatoms. The molecular weight excluding hydrogens is 342 g/mol. The maximum atomic E-state index is 12.6. The van der Waals surface area contributed by atoms with Gasteiger partial charge in [0.2, 0.25) is 5.91 Å². The fraction of sp³-hybridized carbons (Fsp3) is 0.333. The van der Waals surface area contributed by atoms with Gasteiger partial charge in [-0.15, -0.1) is 0 Å². The summed E-state index contributed by atoms with van der Waals surface area (Å²) in [5.41, 5.74) is 1.67. The maximum absolute atomic E-state index is 12.6. The van der Waals surface area contributed by atoms with Crippen LogP contribution in [0.5, 0.6) is 0 Å². The zero-order valence-electron chi connectivity index (χ0n) is 15.0. The second-order valence-corrected chi connectivity index (χ2v) is 7.30. The minimum absolute atomic E-state index is 0.0475. The number of nitrogens with zero attached hydrogens (tertiary/aromatic N) is 1. The number of H-pyrrole nitrogens is 1. The SMILES string of the molecule is O=C(Cn1[nH]c2ccccc2c1=O)N[C@@H](Cc1ccccc1)C1CC(O)C1. The molecule has 0 saturated heterocycles. The van der Waals surface area contributed by atoms with Gasteiger partial charge in [-0.3, -0.25) is 14.7 Å². The Morgan fingerprint density at radius 3 is 2.56 bits per heavy atom. The van der Waals surface area contributed by atoms with E-state index in [4.69, 9.17) is 0 Å². The highest BCUT2D eigenvalue weighted by Crippen LogP contribution is 2.31. The molecule has 0 bridgehead atoms. The Hall–Kier alpha value is -2.86. The first-order chi connectivity index (χ1) is 13.1. The molecule has 1 aliphatic carbocycles. The number of fused-ring (bicyclic) bond motifs is 1. The van der Waals surface area contributed by atoms with Crippen LogP contribution in [0.1, 0.15) is 18.4 Å². The minimum Gasteiger partial charge on any atom is -0.393 e. The lowest BCUT2D eigenvalue weighted by molar-refractivity contribution is -0.123. The van der Waals surface area contributed by atoms with Crippen molar-refractivity contribution in [2.75, 3.05) is 0 Å². The summed E-state index contributed by atoms with van der Waals surface area (Å²) in [6.45, 7) is -0.0475. The van der Waals surface area contributed by atoms with Crippen LogP contribution in [0.15, 0.2) is 59.4 Å². The number of rotatable bonds is 6. The Labute approximate surface area is 156 Å². The van der Waals surface area contributed by atoms with Gasteiger partial charge in [-0.05, 0) is 42.9 Å². The highest BCUT2D eigenvalue weighted by atomic mass is 16.3. The van der Waals surface area contributed by atoms with E-state index in [0.29, 0.717) is 24.6 Å². The molecule has 1 atom stereocenters. The van der Waals surface area contributed by atoms with Crippen molar-refractivity contribution >= 4 is 16.8 Å². The van der Waals surface area contributed by atoms with Crippen molar-refractivity contribution in [3.8, 4) is 0 Å². The summed E-state index contributed by atoms with van der Waals surface area (Å²) in [4.78, 5) is 25.0. The largest absolute Gasteiger partial charge is 0.393 e. The number of aromatic amines is 1. The van der Waals surface area contributed by atoms with Crippen molar-refractivity contribution in [2.24, 2.45) is 5.92 Å². The fourth-order valence-corrected chi connectivity index (χ4v) is 3.78. The number of carbonyl (C=O) groups excluding carboxylic acids is 1. The van der Waals surface area contributed by atoms with Crippen LogP contribution in [0.3, 0.4) is 0 Å². The van der Waals surface area contributed by atoms with E-state index in [9.17, 15) is 14.7 Å². The molecule has 140 valence electrons. The van der Waals surface area contributed by atoms with E-state index in [2.05, 4.69) is 10.4 Å². The summed E-state index contributed by atoms with van der Waals surface area (Å²) in [5, 5.41) is 16.3. The van der Waals surface area contributed by atoms with Crippen molar-refractivity contribution in [1.82, 2.24) is 15.1 Å². The van der Waals surface area contributed by atoms with Gasteiger partial charge >= 0.3 is 0 Å². The van der Waals surface area contributed by atoms with Gasteiger partial charge in [0.1, 0.15) is 6.54 Å². The molecule has 2 aromatic carbocycles. The monoisotopic (exact) mass is 365 g/mol. The van der Waals surface area contributed by atoms with Gasteiger partial charge < -0.3 is 10.4 Å². The molecular formula is C21H23N3O3. The number of para-hydroxylation sites is 1. The summed E-state index contributed by atoms with van der Waals surface area (Å²) < 4.78 is 1.34. The number of hydrogen-bond donors (Lipinski definition) is 3. The van der Waals surface area contributed by atoms with E-state index < -0.39 is 0 Å². The van der Waals surface area contributed by atoms with Gasteiger partial charge in [0.15, 0.2) is 0 Å². The van der Waals surface area contributed by atoms with Crippen LogP contribution in [0.25, 0.3) is 10.9 Å². The van der Waals surface area contributed by atoms with Gasteiger partial charge in [-0.1, -0.05) is 42.5 Å². The molecule has 1 amide bonds. The fourth-order valence-electron chi connectivity index (χ4n) is 3.78. The van der Waals surface area contributed by atoms with Crippen LogP contribution < -0.4 is 10.9 Å². The number of hydrogen-bond acceptors (Lipinski definition) is 3. The Kier molecular flexibility index (Phi) is 4.81. The van der Waals surface area contributed by atoms with Crippen molar-refractivity contribution in [3.63, 3.8) is 0 Å². The standard InChI is InChI=1S/C21H23N3O3/c25-16-11-15(12-16)19(10-14-6-2-1-3-7-14)22-20(26)13-24-21(27)17-8-4-5-9-18(17)23-24/h1-9,15-16,19,23,25H,10-13H2,(H,22,26)/t15?,16?,19-/m0/s1. The molecule has 1 aromatic heterocycles. The molecule has 1 heterocycles. The third-order valence-corrected chi connectivity index (χ3v) is 5.32. The Bertz CT molecular complexity index is 987. The average Bonchev–Trinajstić information content (AvgIpc) is 2.95. The third kappa shape index (κ3) is 3.80. The molecule has 0 aliphatic heterocycles. The van der Waals surface area contributed by atoms with E-state index in [-0.39, 0.29) is 36.1 Å². The number of carbonyl (C=O) groups is 1. The predicted molar refractivity (Wildman–Crippen MR) is 103 cm³/mol. The Morgan fingerprint density at radius 2 is 1.85 bits per heavy atom. The normalized spacial score (nSPS) is 20.2. The van der Waals surface area contributed by atoms with Crippen molar-refractivity contribution < 1.29 is 9.90 Å². The number of amides is 1. The zero-order valence-corrected chi connectivity index (χ0v) is 15.0. The van der Waals surface area contributed by atoms with E-state index in [1.807, 2.05) is 42.5 Å². The summed E-state index contributed by atoms with van der Waals surface area (Å²) in [5.74, 6) is 0.0505. The first kappa shape index (κ1) is 17.5. The number of aliphatic hydroxyl groups excluding tert-OH is 1. The molecule has 0 unspecified atom stereocenters. The van der Waals surface area contributed by atoms with Crippen LogP contribution in [-0.2, 0) is 17.8 Å². The van der Waals surface area contributed by atoms with E-state index in [1.165, 1.54) is 4.68 Å². The molecule has 0 spiro atoms. The summed E-state index contributed by atoms with van der Waals surface area (Å²) in [6.07, 6.45) is 1.83. The topological polar surface area (TPSA) is 87.1 Å². The lowest BCUT2D eigenvalue weighted by Gasteiger charge is -2.38. The first-order valence-electron chi connectivity index (χ1n) is 9.29. The summed E-state index contributed by atoms with van der Waals surface area (Å²) in [6, 6.07) is 17.2. The van der Waals surface area contributed by atoms with Crippen molar-refractivity contribution in [1.29, 1.82) is 0 Å². The van der Waals surface area contributed by atoms with Crippen LogP contribution in [-0.4, -0.2) is 32.9 Å². The zero-order chi connectivity index (χ0) is 18.8. The van der Waals surface area contributed by atoms with Gasteiger partial charge in [0.25, 0.3) is 5.56 Å². The minimum atomic E-state index is -0.276. The Balaban J connectivity index is 1.47. The van der Waals surface area contributed by atoms with Gasteiger partial charge in [0.05, 0.1) is 17.0 Å². The van der Waals surface area contributed by atoms with Gasteiger partial charge in [0, 0.05) is 6.04 Å². The van der Waals surface area contributed by atoms with Gasteiger partial charge in [-0.2, -0.15) is 0 Å². The predicted octanol–water partition coefficient (Wildman–Crippen LogP) is 1.83. The number of aliphatic hydroxyl groups is 1. The second-order valence-electron chi connectivity index (χ2n) is 7.30. The molecule has 3 N–H and O–H groups in total. The maximum Gasteiger partial charge on any atom is 0.274 e. The molecule has 3 aromatic rings. The third-order valence-electron chi connectivity index (χ3n) is 5.32. The van der Waals surface area contributed by atoms with Gasteiger partial charge in [-0.25, -0.2) is 4.68 Å². The highest BCUT2D eigenvalue weighted by molar-refractivity contribution is 5.79. The summed E-state index contributed by atoms with van der Waals surface area (Å²) in [7, 11) is 0. The van der Waals surface area contributed by atoms with E-state index in [1.54, 1.807) is 12.1 Å². The van der Waals surface area contributed by atoms with E-state index >= 15 is 0 Å². The average molecular weight is 365 g/mol. The molecule has 1 aliphatic rings. The number of aromatic nitrogens is 2. The first-order valence-corrected chi connectivity index (χ1v) is 9.29. The number of benzene rings is 2. The molecule has 4 rings (SSSR count). The lowest BCUT2D eigenvalue weighted by Crippen LogP contribution is -2.49. The number of nitrogens with one attached hydrogen (secondary N) is 2. The van der Waals surface area contributed by atoms with E-state index in [0.717, 1.165) is 11.1 Å².